The number of hydrogen-bond donors (Lipinski definition) is 1. The van der Waals surface area contributed by atoms with Crippen LogP contribution in [0.5, 0.6) is 0 Å². The average Bonchev–Trinajstić information content (AvgIpc) is 2.50. The van der Waals surface area contributed by atoms with Crippen molar-refractivity contribution in [2.75, 3.05) is 13.6 Å². The van der Waals surface area contributed by atoms with Gasteiger partial charge in [0.25, 0.3) is 0 Å². The van der Waals surface area contributed by atoms with E-state index in [-0.39, 0.29) is 5.54 Å². The number of aromatic carboxylic acids is 1. The van der Waals surface area contributed by atoms with Gasteiger partial charge in [0.05, 0.1) is 30.7 Å². The molecule has 0 aromatic heterocycles. The molecule has 1 aliphatic heterocycles. The number of piperidine rings is 1. The van der Waals surface area contributed by atoms with Crippen molar-refractivity contribution in [1.29, 1.82) is 0 Å². The van der Waals surface area contributed by atoms with Crippen LogP contribution in [0.3, 0.4) is 0 Å². The van der Waals surface area contributed by atoms with Gasteiger partial charge in [-0.25, -0.2) is 4.79 Å². The van der Waals surface area contributed by atoms with Crippen LogP contribution >= 0.6 is 0 Å². The fourth-order valence-electron chi connectivity index (χ4n) is 4.43. The van der Waals surface area contributed by atoms with E-state index >= 15 is 0 Å². The molecule has 3 atom stereocenters. The second-order valence-electron chi connectivity index (χ2n) is 8.04. The summed E-state index contributed by atoms with van der Waals surface area (Å²) in [4.78, 5) is 11.6. The lowest BCUT2D eigenvalue weighted by Gasteiger charge is -2.57. The molecule has 3 nitrogen and oxygen atoms in total. The van der Waals surface area contributed by atoms with Crippen molar-refractivity contribution < 1.29 is 14.4 Å². The molecule has 1 aromatic carbocycles. The molecular weight excluding hydrogens is 286 g/mol. The zero-order chi connectivity index (χ0) is 17.3. The minimum absolute atomic E-state index is 0.156. The van der Waals surface area contributed by atoms with E-state index in [1.165, 1.54) is 19.4 Å². The maximum Gasteiger partial charge on any atom is 0.335 e. The number of carbonyl (C=O) groups is 1. The minimum Gasteiger partial charge on any atom is -0.478 e. The number of nitrogens with zero attached hydrogens (tertiary/aromatic N) is 1. The fraction of sp³-hybridized carbons (Fsp3) is 0.650. The third-order valence-corrected chi connectivity index (χ3v) is 6.33. The fourth-order valence-corrected chi connectivity index (χ4v) is 4.43. The second kappa shape index (κ2) is 6.64. The van der Waals surface area contributed by atoms with Gasteiger partial charge in [-0.2, -0.15) is 0 Å². The molecule has 0 spiro atoms. The molecule has 23 heavy (non-hydrogen) atoms. The molecule has 3 unspecified atom stereocenters. The molecule has 1 aliphatic rings. The zero-order valence-corrected chi connectivity index (χ0v) is 15.3. The van der Waals surface area contributed by atoms with Gasteiger partial charge >= 0.3 is 5.97 Å². The van der Waals surface area contributed by atoms with Crippen LogP contribution in [0.25, 0.3) is 0 Å². The number of unbranched alkanes of at least 4 members (excludes halogenated alkanes) is 1. The maximum absolute atomic E-state index is 11.6. The van der Waals surface area contributed by atoms with E-state index in [9.17, 15) is 9.90 Å². The van der Waals surface area contributed by atoms with E-state index in [4.69, 9.17) is 0 Å². The number of rotatable bonds is 5. The van der Waals surface area contributed by atoms with Crippen LogP contribution in [0.2, 0.25) is 0 Å². The van der Waals surface area contributed by atoms with E-state index in [1.54, 1.807) is 6.07 Å². The molecule has 0 radical (unpaired) electrons. The maximum atomic E-state index is 11.6. The second-order valence-corrected chi connectivity index (χ2v) is 8.04. The van der Waals surface area contributed by atoms with Gasteiger partial charge in [-0.3, -0.25) is 0 Å². The summed E-state index contributed by atoms with van der Waals surface area (Å²) in [5.74, 6) is -0.472. The molecule has 0 aliphatic carbocycles. The van der Waals surface area contributed by atoms with Crippen molar-refractivity contribution >= 4 is 5.97 Å². The highest BCUT2D eigenvalue weighted by atomic mass is 16.4. The molecule has 0 saturated carbocycles. The standard InChI is InChI=1S/C20H31NO2/c1-6-7-12-21(5)15(2)13-16(14-20(21,3)4)17-10-8-9-11-18(17)19(22)23/h8-11,15-16H,6-7,12-14H2,1-5H3/p+1. The number of carboxylic acid groups (broad SMARTS) is 1. The van der Waals surface area contributed by atoms with Crippen LogP contribution in [0, 0.1) is 0 Å². The van der Waals surface area contributed by atoms with Crippen molar-refractivity contribution in [2.24, 2.45) is 0 Å². The Labute approximate surface area is 140 Å². The summed E-state index contributed by atoms with van der Waals surface area (Å²) >= 11 is 0. The summed E-state index contributed by atoms with van der Waals surface area (Å²) in [5.41, 5.74) is 1.65. The first kappa shape index (κ1) is 18.0. The van der Waals surface area contributed by atoms with Gasteiger partial charge in [-0.15, -0.1) is 0 Å². The summed E-state index contributed by atoms with van der Waals surface area (Å²) in [7, 11) is 2.39. The molecule has 0 bridgehead atoms. The number of benzene rings is 1. The Bertz CT molecular complexity index is 567. The Balaban J connectivity index is 2.33. The van der Waals surface area contributed by atoms with E-state index in [2.05, 4.69) is 34.7 Å². The van der Waals surface area contributed by atoms with Gasteiger partial charge in [0, 0.05) is 12.8 Å². The summed E-state index contributed by atoms with van der Waals surface area (Å²) in [6.45, 7) is 10.5. The van der Waals surface area contributed by atoms with E-state index in [1.807, 2.05) is 18.2 Å². The van der Waals surface area contributed by atoms with Gasteiger partial charge in [0.1, 0.15) is 0 Å². The summed E-state index contributed by atoms with van der Waals surface area (Å²) in [6.07, 6.45) is 4.58. The molecule has 1 N–H and O–H groups in total. The van der Waals surface area contributed by atoms with Crippen molar-refractivity contribution in [2.45, 2.75) is 70.9 Å². The van der Waals surface area contributed by atoms with Crippen LogP contribution < -0.4 is 0 Å². The third kappa shape index (κ3) is 3.30. The molecule has 128 valence electrons. The van der Waals surface area contributed by atoms with E-state index in [0.29, 0.717) is 17.5 Å². The molecule has 1 aromatic rings. The highest BCUT2D eigenvalue weighted by molar-refractivity contribution is 5.89. The lowest BCUT2D eigenvalue weighted by Crippen LogP contribution is -2.67. The van der Waals surface area contributed by atoms with Crippen LogP contribution in [0.4, 0.5) is 0 Å². The molecular formula is C20H32NO2+. The monoisotopic (exact) mass is 318 g/mol. The molecule has 3 heteroatoms. The van der Waals surface area contributed by atoms with Gasteiger partial charge in [-0.05, 0) is 44.7 Å². The Morgan fingerprint density at radius 1 is 1.35 bits per heavy atom. The Hall–Kier alpha value is -1.35. The SMILES string of the molecule is CCCC[N+]1(C)C(C)CC(c2ccccc2C(=O)O)CC1(C)C. The Morgan fingerprint density at radius 3 is 2.57 bits per heavy atom. The minimum atomic E-state index is -0.806. The van der Waals surface area contributed by atoms with E-state index < -0.39 is 5.97 Å². The molecule has 1 saturated heterocycles. The van der Waals surface area contributed by atoms with Crippen LogP contribution in [-0.2, 0) is 0 Å². The third-order valence-electron chi connectivity index (χ3n) is 6.33. The van der Waals surface area contributed by atoms with Crippen LogP contribution in [0.1, 0.15) is 75.2 Å². The van der Waals surface area contributed by atoms with Crippen molar-refractivity contribution in [3.8, 4) is 0 Å². The Kier molecular flexibility index (Phi) is 5.20. The number of likely N-dealkylation sites (tertiary alicyclic amines) is 1. The first-order valence-corrected chi connectivity index (χ1v) is 8.90. The number of hydrogen-bond acceptors (Lipinski definition) is 1. The van der Waals surface area contributed by atoms with Crippen molar-refractivity contribution in [1.82, 2.24) is 0 Å². The summed E-state index contributed by atoms with van der Waals surface area (Å²) in [5, 5.41) is 9.51. The lowest BCUT2D eigenvalue weighted by molar-refractivity contribution is -0.981. The van der Waals surface area contributed by atoms with Crippen molar-refractivity contribution in [3.63, 3.8) is 0 Å². The lowest BCUT2D eigenvalue weighted by atomic mass is 9.73. The topological polar surface area (TPSA) is 37.3 Å². The summed E-state index contributed by atoms with van der Waals surface area (Å²) < 4.78 is 1.09. The number of carboxylic acids is 1. The Morgan fingerprint density at radius 2 is 2.00 bits per heavy atom. The largest absolute Gasteiger partial charge is 0.478 e. The summed E-state index contributed by atoms with van der Waals surface area (Å²) in [6, 6.07) is 8.09. The normalized spacial score (nSPS) is 30.1. The zero-order valence-electron chi connectivity index (χ0n) is 15.3. The van der Waals surface area contributed by atoms with Gasteiger partial charge in [0.15, 0.2) is 0 Å². The highest BCUT2D eigenvalue weighted by Crippen LogP contribution is 2.45. The predicted octanol–water partition coefficient (Wildman–Crippen LogP) is 4.68. The number of quaternary nitrogens is 1. The predicted molar refractivity (Wildman–Crippen MR) is 94.9 cm³/mol. The average molecular weight is 318 g/mol. The van der Waals surface area contributed by atoms with E-state index in [0.717, 1.165) is 22.9 Å². The van der Waals surface area contributed by atoms with Crippen LogP contribution in [-0.4, -0.2) is 40.7 Å². The van der Waals surface area contributed by atoms with Gasteiger partial charge in [-0.1, -0.05) is 31.5 Å². The molecule has 1 fully saturated rings. The first-order valence-electron chi connectivity index (χ1n) is 8.90. The molecule has 0 amide bonds. The van der Waals surface area contributed by atoms with Crippen molar-refractivity contribution in [3.05, 3.63) is 35.4 Å². The van der Waals surface area contributed by atoms with Crippen LogP contribution in [0.15, 0.2) is 24.3 Å². The highest BCUT2D eigenvalue weighted by Gasteiger charge is 2.50. The first-order chi connectivity index (χ1) is 10.7. The van der Waals surface area contributed by atoms with Gasteiger partial charge in [0.2, 0.25) is 0 Å². The van der Waals surface area contributed by atoms with Gasteiger partial charge < -0.3 is 9.59 Å². The smallest absolute Gasteiger partial charge is 0.335 e. The molecule has 1 heterocycles. The molecule has 2 rings (SSSR count). The quantitative estimate of drug-likeness (QED) is 0.801.